The molecule has 1 aromatic heterocycles. The second-order valence-corrected chi connectivity index (χ2v) is 6.63. The van der Waals surface area contributed by atoms with E-state index in [0.717, 1.165) is 16.7 Å². The van der Waals surface area contributed by atoms with Crippen molar-refractivity contribution in [2.75, 3.05) is 44.7 Å². The summed E-state index contributed by atoms with van der Waals surface area (Å²) in [6.07, 6.45) is 0.291. The Hall–Kier alpha value is -3.34. The number of nitrogens with one attached hydrogen (secondary N) is 1. The summed E-state index contributed by atoms with van der Waals surface area (Å²) >= 11 is 0. The average Bonchev–Trinajstić information content (AvgIpc) is 2.72. The van der Waals surface area contributed by atoms with Crippen LogP contribution < -0.4 is 15.0 Å². The first kappa shape index (κ1) is 19.4. The van der Waals surface area contributed by atoms with Crippen LogP contribution in [0.4, 0.5) is 5.82 Å². The number of methoxy groups -OCH3 is 1. The summed E-state index contributed by atoms with van der Waals surface area (Å²) < 4.78 is 5.24. The van der Waals surface area contributed by atoms with Crippen molar-refractivity contribution < 1.29 is 14.3 Å². The van der Waals surface area contributed by atoms with Crippen molar-refractivity contribution in [3.63, 3.8) is 0 Å². The fourth-order valence-electron chi connectivity index (χ4n) is 3.27. The molecule has 1 saturated heterocycles. The first-order chi connectivity index (χ1) is 13.5. The number of nitriles is 1. The average molecular weight is 381 g/mol. The molecule has 0 radical (unpaired) electrons. The predicted molar refractivity (Wildman–Crippen MR) is 105 cm³/mol. The van der Waals surface area contributed by atoms with E-state index < -0.39 is 0 Å². The number of ether oxygens (including phenoxy) is 1. The van der Waals surface area contributed by atoms with E-state index in [1.54, 1.807) is 12.0 Å². The lowest BCUT2D eigenvalue weighted by molar-refractivity contribution is -0.131. The number of piperazine rings is 1. The maximum atomic E-state index is 12.3. The van der Waals surface area contributed by atoms with E-state index in [9.17, 15) is 14.9 Å². The Balaban J connectivity index is 1.70. The Labute approximate surface area is 163 Å². The molecular formula is C20H23N5O3. The van der Waals surface area contributed by atoms with Crippen LogP contribution in [0.3, 0.4) is 0 Å². The Morgan fingerprint density at radius 1 is 1.25 bits per heavy atom. The summed E-state index contributed by atoms with van der Waals surface area (Å²) in [5.74, 6) is 1.25. The minimum absolute atomic E-state index is 0.0208. The van der Waals surface area contributed by atoms with E-state index in [4.69, 9.17) is 4.74 Å². The molecule has 2 aromatic rings. The SMILES string of the molecule is COc1ccc2nc(N3CCN(C(=O)CCNC(C)=O)CC3)c(C#N)cc2c1. The van der Waals surface area contributed by atoms with Gasteiger partial charge in [-0.1, -0.05) is 0 Å². The number of rotatable bonds is 5. The first-order valence-corrected chi connectivity index (χ1v) is 9.18. The van der Waals surface area contributed by atoms with E-state index in [0.29, 0.717) is 50.5 Å². The summed E-state index contributed by atoms with van der Waals surface area (Å²) in [5.41, 5.74) is 1.30. The lowest BCUT2D eigenvalue weighted by Crippen LogP contribution is -2.49. The number of carbonyl (C=O) groups excluding carboxylic acids is 2. The number of carbonyl (C=O) groups is 2. The third-order valence-electron chi connectivity index (χ3n) is 4.77. The van der Waals surface area contributed by atoms with Gasteiger partial charge >= 0.3 is 0 Å². The maximum absolute atomic E-state index is 12.3. The molecule has 1 aromatic carbocycles. The van der Waals surface area contributed by atoms with Crippen LogP contribution in [0.5, 0.6) is 5.75 Å². The summed E-state index contributed by atoms with van der Waals surface area (Å²) in [7, 11) is 1.60. The van der Waals surface area contributed by atoms with Crippen molar-refractivity contribution in [3.05, 3.63) is 29.8 Å². The van der Waals surface area contributed by atoms with E-state index in [-0.39, 0.29) is 11.8 Å². The lowest BCUT2D eigenvalue weighted by atomic mass is 10.1. The van der Waals surface area contributed by atoms with Crippen molar-refractivity contribution in [3.8, 4) is 11.8 Å². The molecule has 0 saturated carbocycles. The largest absolute Gasteiger partial charge is 0.497 e. The number of pyridine rings is 1. The molecule has 0 unspecified atom stereocenters. The molecule has 1 N–H and O–H groups in total. The minimum atomic E-state index is -0.137. The number of benzene rings is 1. The molecule has 0 bridgehead atoms. The highest BCUT2D eigenvalue weighted by Gasteiger charge is 2.23. The highest BCUT2D eigenvalue weighted by atomic mass is 16.5. The second kappa shape index (κ2) is 8.57. The van der Waals surface area contributed by atoms with Crippen LogP contribution in [0.2, 0.25) is 0 Å². The highest BCUT2D eigenvalue weighted by Crippen LogP contribution is 2.26. The van der Waals surface area contributed by atoms with Crippen LogP contribution in [0.15, 0.2) is 24.3 Å². The summed E-state index contributed by atoms with van der Waals surface area (Å²) in [4.78, 5) is 31.7. The van der Waals surface area contributed by atoms with Crippen LogP contribution in [0.1, 0.15) is 18.9 Å². The van der Waals surface area contributed by atoms with Crippen LogP contribution in [-0.2, 0) is 9.59 Å². The number of aromatic nitrogens is 1. The fraction of sp³-hybridized carbons (Fsp3) is 0.400. The number of anilines is 1. The number of nitrogens with zero attached hydrogens (tertiary/aromatic N) is 4. The van der Waals surface area contributed by atoms with Crippen LogP contribution in [-0.4, -0.2) is 61.5 Å². The van der Waals surface area contributed by atoms with Gasteiger partial charge in [0.2, 0.25) is 11.8 Å². The van der Waals surface area contributed by atoms with Gasteiger partial charge in [-0.15, -0.1) is 0 Å². The van der Waals surface area contributed by atoms with Crippen molar-refractivity contribution in [2.24, 2.45) is 0 Å². The van der Waals surface area contributed by atoms with E-state index in [1.165, 1.54) is 6.92 Å². The zero-order valence-corrected chi connectivity index (χ0v) is 16.1. The van der Waals surface area contributed by atoms with Gasteiger partial charge in [0.15, 0.2) is 0 Å². The molecule has 1 aliphatic rings. The van der Waals surface area contributed by atoms with Gasteiger partial charge in [0.1, 0.15) is 17.6 Å². The van der Waals surface area contributed by atoms with E-state index >= 15 is 0 Å². The predicted octanol–water partition coefficient (Wildman–Crippen LogP) is 1.29. The summed E-state index contributed by atoms with van der Waals surface area (Å²) in [5, 5.41) is 13.1. The van der Waals surface area contributed by atoms with Crippen LogP contribution in [0.25, 0.3) is 10.9 Å². The molecule has 8 heteroatoms. The minimum Gasteiger partial charge on any atom is -0.497 e. The van der Waals surface area contributed by atoms with Gasteiger partial charge in [-0.3, -0.25) is 9.59 Å². The molecule has 3 rings (SSSR count). The molecule has 146 valence electrons. The van der Waals surface area contributed by atoms with Gasteiger partial charge in [0.05, 0.1) is 18.2 Å². The Morgan fingerprint density at radius 2 is 2.00 bits per heavy atom. The molecule has 0 aliphatic carbocycles. The second-order valence-electron chi connectivity index (χ2n) is 6.63. The first-order valence-electron chi connectivity index (χ1n) is 9.18. The molecule has 8 nitrogen and oxygen atoms in total. The Morgan fingerprint density at radius 3 is 2.64 bits per heavy atom. The third kappa shape index (κ3) is 4.31. The molecule has 1 fully saturated rings. The Kier molecular flexibility index (Phi) is 5.94. The number of hydrogen-bond acceptors (Lipinski definition) is 6. The number of hydrogen-bond donors (Lipinski definition) is 1. The summed E-state index contributed by atoms with van der Waals surface area (Å²) in [6.45, 7) is 4.12. The van der Waals surface area contributed by atoms with Crippen molar-refractivity contribution in [2.45, 2.75) is 13.3 Å². The van der Waals surface area contributed by atoms with Gasteiger partial charge in [-0.25, -0.2) is 4.98 Å². The van der Waals surface area contributed by atoms with Crippen molar-refractivity contribution in [1.82, 2.24) is 15.2 Å². The molecule has 1 aliphatic heterocycles. The molecule has 2 amide bonds. The van der Waals surface area contributed by atoms with Crippen LogP contribution >= 0.6 is 0 Å². The monoisotopic (exact) mass is 381 g/mol. The van der Waals surface area contributed by atoms with Gasteiger partial charge in [0.25, 0.3) is 0 Å². The van der Waals surface area contributed by atoms with Crippen LogP contribution in [0, 0.1) is 11.3 Å². The maximum Gasteiger partial charge on any atom is 0.224 e. The lowest BCUT2D eigenvalue weighted by Gasteiger charge is -2.36. The van der Waals surface area contributed by atoms with E-state index in [2.05, 4.69) is 16.4 Å². The smallest absolute Gasteiger partial charge is 0.224 e. The molecule has 28 heavy (non-hydrogen) atoms. The molecule has 0 spiro atoms. The summed E-state index contributed by atoms with van der Waals surface area (Å²) in [6, 6.07) is 9.63. The number of fused-ring (bicyclic) bond motifs is 1. The Bertz CT molecular complexity index is 929. The quantitative estimate of drug-likeness (QED) is 0.838. The van der Waals surface area contributed by atoms with Crippen molar-refractivity contribution >= 4 is 28.5 Å². The fourth-order valence-corrected chi connectivity index (χ4v) is 3.27. The highest BCUT2D eigenvalue weighted by molar-refractivity contribution is 5.84. The zero-order chi connectivity index (χ0) is 20.1. The normalized spacial score (nSPS) is 13.9. The standard InChI is InChI=1S/C20H23N5O3/c1-14(26)22-6-5-19(27)24-7-9-25(10-8-24)20-16(13-21)11-15-12-17(28-2)3-4-18(15)23-20/h3-4,11-12H,5-10H2,1-2H3,(H,22,26). The zero-order valence-electron chi connectivity index (χ0n) is 16.1. The van der Waals surface area contributed by atoms with E-state index in [1.807, 2.05) is 29.2 Å². The molecular weight excluding hydrogens is 358 g/mol. The third-order valence-corrected chi connectivity index (χ3v) is 4.77. The molecule has 0 atom stereocenters. The molecule has 2 heterocycles. The van der Waals surface area contributed by atoms with Gasteiger partial charge in [-0.2, -0.15) is 5.26 Å². The van der Waals surface area contributed by atoms with Crippen molar-refractivity contribution in [1.29, 1.82) is 5.26 Å². The van der Waals surface area contributed by atoms with Gasteiger partial charge in [-0.05, 0) is 24.3 Å². The topological polar surface area (TPSA) is 98.6 Å². The van der Waals surface area contributed by atoms with Gasteiger partial charge < -0.3 is 19.9 Å². The number of amides is 2. The van der Waals surface area contributed by atoms with Gasteiger partial charge in [0, 0.05) is 51.5 Å².